The molecule has 3 rings (SSSR count). The fourth-order valence-corrected chi connectivity index (χ4v) is 2.55. The summed E-state index contributed by atoms with van der Waals surface area (Å²) >= 11 is 0. The number of benzene rings is 3. The van der Waals surface area contributed by atoms with Gasteiger partial charge in [0, 0.05) is 11.8 Å². The Morgan fingerprint density at radius 3 is 2.57 bits per heavy atom. The molecule has 28 heavy (non-hydrogen) atoms. The topological polar surface area (TPSA) is 89.1 Å². The number of nitrogens with two attached hydrogens (primary N) is 1. The zero-order chi connectivity index (χ0) is 19.8. The van der Waals surface area contributed by atoms with Crippen molar-refractivity contribution in [3.63, 3.8) is 0 Å². The minimum atomic E-state index is 0.107. The number of nitrogens with one attached hydrogen (secondary N) is 1. The summed E-state index contributed by atoms with van der Waals surface area (Å²) in [5.74, 6) is 2.29. The van der Waals surface area contributed by atoms with Crippen molar-refractivity contribution < 1.29 is 14.6 Å². The van der Waals surface area contributed by atoms with Gasteiger partial charge >= 0.3 is 0 Å². The maximum absolute atomic E-state index is 9.76. The summed E-state index contributed by atoms with van der Waals surface area (Å²) in [7, 11) is 0. The Morgan fingerprint density at radius 1 is 1.00 bits per heavy atom. The first-order chi connectivity index (χ1) is 13.6. The van der Waals surface area contributed by atoms with Crippen molar-refractivity contribution in [2.75, 3.05) is 11.9 Å². The lowest BCUT2D eigenvalue weighted by Crippen LogP contribution is -2.22. The van der Waals surface area contributed by atoms with E-state index in [0.29, 0.717) is 24.7 Å². The second-order valence-corrected chi connectivity index (χ2v) is 6.00. The summed E-state index contributed by atoms with van der Waals surface area (Å²) in [6, 6.07) is 22.2. The number of aliphatic imine (C=N–C) groups is 1. The molecule has 6 nitrogen and oxygen atoms in total. The van der Waals surface area contributed by atoms with E-state index in [0.717, 1.165) is 17.0 Å². The molecule has 0 saturated carbocycles. The Balaban J connectivity index is 1.63. The Hall–Kier alpha value is -3.67. The first-order valence-electron chi connectivity index (χ1n) is 8.98. The van der Waals surface area contributed by atoms with Crippen LogP contribution in [0.15, 0.2) is 77.8 Å². The standard InChI is InChI=1S/C22H23N3O3/c1-2-27-21-13-16(11-12-20(21)26)15-24-22(23)25-17-7-6-10-19(14-17)28-18-8-4-3-5-9-18/h3-14,26H,2,15H2,1H3,(H3,23,24,25). The van der Waals surface area contributed by atoms with E-state index in [2.05, 4.69) is 10.3 Å². The molecule has 4 N–H and O–H groups in total. The van der Waals surface area contributed by atoms with Gasteiger partial charge < -0.3 is 25.6 Å². The highest BCUT2D eigenvalue weighted by Crippen LogP contribution is 2.27. The average molecular weight is 377 g/mol. The van der Waals surface area contributed by atoms with E-state index in [1.807, 2.05) is 61.5 Å². The summed E-state index contributed by atoms with van der Waals surface area (Å²) in [6.07, 6.45) is 0. The molecule has 144 valence electrons. The van der Waals surface area contributed by atoms with Gasteiger partial charge in [-0.1, -0.05) is 30.3 Å². The van der Waals surface area contributed by atoms with Crippen LogP contribution < -0.4 is 20.5 Å². The molecule has 0 unspecified atom stereocenters. The van der Waals surface area contributed by atoms with Gasteiger partial charge in [0.2, 0.25) is 0 Å². The van der Waals surface area contributed by atoms with Crippen molar-refractivity contribution in [2.24, 2.45) is 10.7 Å². The highest BCUT2D eigenvalue weighted by atomic mass is 16.5. The van der Waals surface area contributed by atoms with E-state index in [9.17, 15) is 5.11 Å². The third-order valence-electron chi connectivity index (χ3n) is 3.84. The number of hydrogen-bond acceptors (Lipinski definition) is 4. The third kappa shape index (κ3) is 5.41. The second kappa shape index (κ2) is 9.32. The highest BCUT2D eigenvalue weighted by Gasteiger charge is 2.04. The smallest absolute Gasteiger partial charge is 0.193 e. The normalized spacial score (nSPS) is 11.1. The van der Waals surface area contributed by atoms with E-state index < -0.39 is 0 Å². The van der Waals surface area contributed by atoms with E-state index >= 15 is 0 Å². The van der Waals surface area contributed by atoms with Gasteiger partial charge in [-0.25, -0.2) is 4.99 Å². The molecule has 0 radical (unpaired) electrons. The van der Waals surface area contributed by atoms with E-state index in [1.165, 1.54) is 0 Å². The molecule has 6 heteroatoms. The van der Waals surface area contributed by atoms with Crippen LogP contribution in [0, 0.1) is 0 Å². The molecule has 3 aromatic rings. The number of ether oxygens (including phenoxy) is 2. The minimum Gasteiger partial charge on any atom is -0.504 e. The molecule has 0 heterocycles. The van der Waals surface area contributed by atoms with Gasteiger partial charge in [-0.05, 0) is 48.9 Å². The van der Waals surface area contributed by atoms with Crippen LogP contribution in [0.1, 0.15) is 12.5 Å². The van der Waals surface area contributed by atoms with Crippen LogP contribution in [0.25, 0.3) is 0 Å². The third-order valence-corrected chi connectivity index (χ3v) is 3.84. The molecule has 0 saturated heterocycles. The quantitative estimate of drug-likeness (QED) is 0.416. The predicted molar refractivity (Wildman–Crippen MR) is 111 cm³/mol. The number of para-hydroxylation sites is 1. The molecule has 0 aliphatic heterocycles. The minimum absolute atomic E-state index is 0.107. The lowest BCUT2D eigenvalue weighted by atomic mass is 10.2. The lowest BCUT2D eigenvalue weighted by molar-refractivity contribution is 0.318. The summed E-state index contributed by atoms with van der Waals surface area (Å²) < 4.78 is 11.2. The number of phenols is 1. The average Bonchev–Trinajstić information content (AvgIpc) is 2.70. The summed E-state index contributed by atoms with van der Waals surface area (Å²) in [6.45, 7) is 2.70. The van der Waals surface area contributed by atoms with Crippen LogP contribution in [0.5, 0.6) is 23.0 Å². The van der Waals surface area contributed by atoms with Crippen molar-refractivity contribution in [3.05, 3.63) is 78.4 Å². The molecule has 0 spiro atoms. The SMILES string of the molecule is CCOc1cc(CN=C(N)Nc2cccc(Oc3ccccc3)c2)ccc1O. The second-order valence-electron chi connectivity index (χ2n) is 6.00. The van der Waals surface area contributed by atoms with Gasteiger partial charge in [-0.3, -0.25) is 0 Å². The maximum atomic E-state index is 9.76. The predicted octanol–water partition coefficient (Wildman–Crippen LogP) is 4.51. The molecule has 0 amide bonds. The first-order valence-corrected chi connectivity index (χ1v) is 8.98. The Labute approximate surface area is 164 Å². The zero-order valence-electron chi connectivity index (χ0n) is 15.6. The largest absolute Gasteiger partial charge is 0.504 e. The van der Waals surface area contributed by atoms with Crippen molar-refractivity contribution in [2.45, 2.75) is 13.5 Å². The number of hydrogen-bond donors (Lipinski definition) is 3. The Morgan fingerprint density at radius 2 is 1.79 bits per heavy atom. The van der Waals surface area contributed by atoms with Gasteiger partial charge in [0.1, 0.15) is 11.5 Å². The van der Waals surface area contributed by atoms with Crippen LogP contribution in [-0.4, -0.2) is 17.7 Å². The fourth-order valence-electron chi connectivity index (χ4n) is 2.55. The van der Waals surface area contributed by atoms with Gasteiger partial charge in [0.05, 0.1) is 13.2 Å². The van der Waals surface area contributed by atoms with Gasteiger partial charge in [-0.15, -0.1) is 0 Å². The monoisotopic (exact) mass is 377 g/mol. The Bertz CT molecular complexity index is 943. The Kier molecular flexibility index (Phi) is 6.36. The van der Waals surface area contributed by atoms with Crippen LogP contribution >= 0.6 is 0 Å². The van der Waals surface area contributed by atoms with Crippen LogP contribution in [0.2, 0.25) is 0 Å². The number of rotatable bonds is 7. The lowest BCUT2D eigenvalue weighted by Gasteiger charge is -2.10. The molecule has 0 bridgehead atoms. The van der Waals surface area contributed by atoms with Crippen molar-refractivity contribution in [3.8, 4) is 23.0 Å². The zero-order valence-corrected chi connectivity index (χ0v) is 15.6. The molecule has 0 aliphatic rings. The van der Waals surface area contributed by atoms with Gasteiger partial charge in [-0.2, -0.15) is 0 Å². The van der Waals surface area contributed by atoms with Crippen LogP contribution in [0.3, 0.4) is 0 Å². The number of anilines is 1. The highest BCUT2D eigenvalue weighted by molar-refractivity contribution is 5.92. The van der Waals surface area contributed by atoms with Crippen molar-refractivity contribution in [1.82, 2.24) is 0 Å². The molecule has 0 aliphatic carbocycles. The van der Waals surface area contributed by atoms with Crippen molar-refractivity contribution in [1.29, 1.82) is 0 Å². The summed E-state index contributed by atoms with van der Waals surface area (Å²) in [4.78, 5) is 4.34. The fraction of sp³-hybridized carbons (Fsp3) is 0.136. The number of aromatic hydroxyl groups is 1. The van der Waals surface area contributed by atoms with Crippen LogP contribution in [-0.2, 0) is 6.54 Å². The van der Waals surface area contributed by atoms with Gasteiger partial charge in [0.15, 0.2) is 17.5 Å². The molecule has 0 aromatic heterocycles. The number of phenolic OH excluding ortho intramolecular Hbond substituents is 1. The molecule has 0 atom stereocenters. The van der Waals surface area contributed by atoms with Crippen molar-refractivity contribution >= 4 is 11.6 Å². The maximum Gasteiger partial charge on any atom is 0.193 e. The van der Waals surface area contributed by atoms with E-state index in [4.69, 9.17) is 15.2 Å². The summed E-state index contributed by atoms with van der Waals surface area (Å²) in [5.41, 5.74) is 7.66. The number of guanidine groups is 1. The number of nitrogens with zero attached hydrogens (tertiary/aromatic N) is 1. The molecule has 3 aromatic carbocycles. The van der Waals surface area contributed by atoms with E-state index in [-0.39, 0.29) is 11.7 Å². The molecule has 0 fully saturated rings. The van der Waals surface area contributed by atoms with Crippen LogP contribution in [0.4, 0.5) is 5.69 Å². The molecular formula is C22H23N3O3. The van der Waals surface area contributed by atoms with Gasteiger partial charge in [0.25, 0.3) is 0 Å². The summed E-state index contributed by atoms with van der Waals surface area (Å²) in [5, 5.41) is 12.8. The van der Waals surface area contributed by atoms with E-state index in [1.54, 1.807) is 18.2 Å². The first kappa shape index (κ1) is 19.1. The molecular weight excluding hydrogens is 354 g/mol.